The van der Waals surface area contributed by atoms with E-state index in [4.69, 9.17) is 14.9 Å². The Bertz CT molecular complexity index is 995. The van der Waals surface area contributed by atoms with Gasteiger partial charge in [0.15, 0.2) is 0 Å². The molecule has 5 nitrogen and oxygen atoms in total. The summed E-state index contributed by atoms with van der Waals surface area (Å²) >= 11 is 0. The van der Waals surface area contributed by atoms with E-state index in [0.717, 1.165) is 34.1 Å². The molecular formula is C26H31IrN2O3-. The van der Waals surface area contributed by atoms with Crippen molar-refractivity contribution in [3.63, 3.8) is 0 Å². The van der Waals surface area contributed by atoms with Crippen LogP contribution in [0.3, 0.4) is 0 Å². The predicted molar refractivity (Wildman–Crippen MR) is 125 cm³/mol. The molecule has 6 heteroatoms. The first-order chi connectivity index (χ1) is 14.7. The summed E-state index contributed by atoms with van der Waals surface area (Å²) < 4.78 is 6.10. The molecule has 0 saturated heterocycles. The Morgan fingerprint density at radius 1 is 0.969 bits per heavy atom. The fraction of sp³-hybridized carbons (Fsp3) is 0.346. The van der Waals surface area contributed by atoms with E-state index < -0.39 is 0 Å². The van der Waals surface area contributed by atoms with Crippen LogP contribution in [-0.2, 0) is 20.1 Å². The van der Waals surface area contributed by atoms with Crippen molar-refractivity contribution >= 4 is 11.4 Å². The van der Waals surface area contributed by atoms with Gasteiger partial charge in [0.05, 0.1) is 23.6 Å². The number of para-hydroxylation sites is 2. The molecule has 2 heterocycles. The SMILES string of the molecule is CC(C)(C)N1c2ccccc2Oc2c[c-]c(-c3ccccn3)cc21.CC(O)CC(C)O.[Ir]. The number of aliphatic hydroxyl groups is 2. The number of ether oxygens (including phenoxy) is 1. The maximum Gasteiger partial charge on any atom is 0.138 e. The maximum absolute atomic E-state index is 8.56. The normalized spacial score (nSPS) is 13.9. The molecule has 2 unspecified atom stereocenters. The molecule has 1 radical (unpaired) electrons. The Morgan fingerprint density at radius 2 is 1.62 bits per heavy atom. The maximum atomic E-state index is 8.56. The molecule has 1 aromatic heterocycles. The minimum Gasteiger partial charge on any atom is -0.497 e. The average molecular weight is 612 g/mol. The van der Waals surface area contributed by atoms with Crippen molar-refractivity contribution in [3.05, 3.63) is 66.9 Å². The summed E-state index contributed by atoms with van der Waals surface area (Å²) in [7, 11) is 0. The van der Waals surface area contributed by atoms with E-state index in [0.29, 0.717) is 6.42 Å². The first kappa shape index (κ1) is 26.0. The fourth-order valence-corrected chi connectivity index (χ4v) is 3.59. The van der Waals surface area contributed by atoms with Crippen molar-refractivity contribution in [3.8, 4) is 22.8 Å². The van der Waals surface area contributed by atoms with Crippen LogP contribution in [-0.4, -0.2) is 32.9 Å². The van der Waals surface area contributed by atoms with Crippen LogP contribution in [0.1, 0.15) is 41.0 Å². The number of hydrogen-bond acceptors (Lipinski definition) is 5. The Hall–Kier alpha value is -2.24. The van der Waals surface area contributed by atoms with E-state index in [1.807, 2.05) is 42.5 Å². The number of nitrogens with zero attached hydrogens (tertiary/aromatic N) is 2. The number of aromatic nitrogens is 1. The number of anilines is 2. The first-order valence-corrected chi connectivity index (χ1v) is 10.6. The van der Waals surface area contributed by atoms with Crippen molar-refractivity contribution in [2.24, 2.45) is 0 Å². The minimum absolute atomic E-state index is 0. The molecule has 1 aliphatic rings. The average Bonchev–Trinajstić information content (AvgIpc) is 2.71. The molecule has 2 aromatic carbocycles. The van der Waals surface area contributed by atoms with E-state index in [9.17, 15) is 0 Å². The summed E-state index contributed by atoms with van der Waals surface area (Å²) in [6.07, 6.45) is 1.52. The van der Waals surface area contributed by atoms with Crippen LogP contribution in [0.15, 0.2) is 60.8 Å². The van der Waals surface area contributed by atoms with Crippen LogP contribution in [0.5, 0.6) is 11.5 Å². The van der Waals surface area contributed by atoms with Crippen LogP contribution in [0.25, 0.3) is 11.3 Å². The third-order valence-electron chi connectivity index (χ3n) is 4.75. The summed E-state index contributed by atoms with van der Waals surface area (Å²) in [6.45, 7) is 9.93. The molecule has 0 spiro atoms. The molecule has 0 aliphatic carbocycles. The van der Waals surface area contributed by atoms with E-state index >= 15 is 0 Å². The summed E-state index contributed by atoms with van der Waals surface area (Å²) in [5.41, 5.74) is 3.91. The minimum atomic E-state index is -0.375. The van der Waals surface area contributed by atoms with Crippen molar-refractivity contribution in [2.75, 3.05) is 4.90 Å². The molecule has 173 valence electrons. The Balaban J connectivity index is 0.000000398. The smallest absolute Gasteiger partial charge is 0.138 e. The van der Waals surface area contributed by atoms with Crippen LogP contribution in [0.2, 0.25) is 0 Å². The van der Waals surface area contributed by atoms with Crippen molar-refractivity contribution in [2.45, 2.75) is 58.8 Å². The number of benzene rings is 2. The molecule has 0 fully saturated rings. The zero-order valence-electron chi connectivity index (χ0n) is 19.2. The molecular weight excluding hydrogens is 581 g/mol. The third-order valence-corrected chi connectivity index (χ3v) is 4.75. The Labute approximate surface area is 204 Å². The van der Waals surface area contributed by atoms with Gasteiger partial charge in [0.25, 0.3) is 0 Å². The van der Waals surface area contributed by atoms with Gasteiger partial charge in [0.1, 0.15) is 5.75 Å². The molecule has 1 aliphatic heterocycles. The summed E-state index contributed by atoms with van der Waals surface area (Å²) in [4.78, 5) is 6.76. The molecule has 32 heavy (non-hydrogen) atoms. The second-order valence-electron chi connectivity index (χ2n) is 8.82. The number of hydrogen-bond donors (Lipinski definition) is 2. The van der Waals surface area contributed by atoms with Crippen molar-refractivity contribution < 1.29 is 35.1 Å². The van der Waals surface area contributed by atoms with Gasteiger partial charge in [-0.1, -0.05) is 24.3 Å². The molecule has 0 saturated carbocycles. The standard InChI is InChI=1S/C21H19N2O.C5H12O2.Ir/c1-21(2,3)23-17-9-4-5-10-19(17)24-20-12-11-15(14-18(20)23)16-8-6-7-13-22-16;1-4(6)3-5(2)7;/h4-10,12-14H,1-3H3;4-7H,3H2,1-2H3;/q-1;;. The predicted octanol–water partition coefficient (Wildman–Crippen LogP) is 5.73. The topological polar surface area (TPSA) is 65.8 Å². The zero-order chi connectivity index (χ0) is 22.6. The van der Waals surface area contributed by atoms with E-state index in [1.54, 1.807) is 20.0 Å². The number of aliphatic hydroxyl groups excluding tert-OH is 2. The Kier molecular flexibility index (Phi) is 8.99. The van der Waals surface area contributed by atoms with Gasteiger partial charge in [-0.3, -0.25) is 0 Å². The molecule has 0 bridgehead atoms. The van der Waals surface area contributed by atoms with Crippen molar-refractivity contribution in [1.82, 2.24) is 4.98 Å². The molecule has 4 rings (SSSR count). The summed E-state index contributed by atoms with van der Waals surface area (Å²) in [5, 5.41) is 17.1. The van der Waals surface area contributed by atoms with Crippen LogP contribution < -0.4 is 9.64 Å². The molecule has 2 atom stereocenters. The van der Waals surface area contributed by atoms with Gasteiger partial charge in [-0.15, -0.1) is 23.8 Å². The van der Waals surface area contributed by atoms with Crippen LogP contribution in [0.4, 0.5) is 11.4 Å². The van der Waals surface area contributed by atoms with Gasteiger partial charge in [-0.05, 0) is 64.9 Å². The van der Waals surface area contributed by atoms with Gasteiger partial charge in [-0.25, -0.2) is 0 Å². The van der Waals surface area contributed by atoms with Gasteiger partial charge in [-0.2, -0.15) is 0 Å². The number of pyridine rings is 1. The van der Waals surface area contributed by atoms with Crippen LogP contribution in [0, 0.1) is 6.07 Å². The Morgan fingerprint density at radius 3 is 2.19 bits per heavy atom. The summed E-state index contributed by atoms with van der Waals surface area (Å²) in [6, 6.07) is 21.4. The first-order valence-electron chi connectivity index (χ1n) is 10.6. The van der Waals surface area contributed by atoms with E-state index in [-0.39, 0.29) is 37.9 Å². The quantitative estimate of drug-likeness (QED) is 0.371. The van der Waals surface area contributed by atoms with E-state index in [1.165, 1.54) is 0 Å². The monoisotopic (exact) mass is 612 g/mol. The largest absolute Gasteiger partial charge is 0.497 e. The third kappa shape index (κ3) is 6.39. The second kappa shape index (κ2) is 11.1. The fourth-order valence-electron chi connectivity index (χ4n) is 3.59. The molecule has 3 aromatic rings. The number of rotatable bonds is 3. The van der Waals surface area contributed by atoms with Gasteiger partial charge in [0, 0.05) is 37.5 Å². The van der Waals surface area contributed by atoms with Gasteiger partial charge >= 0.3 is 0 Å². The molecule has 2 N–H and O–H groups in total. The van der Waals surface area contributed by atoms with Gasteiger partial charge < -0.3 is 24.8 Å². The number of fused-ring (bicyclic) bond motifs is 2. The summed E-state index contributed by atoms with van der Waals surface area (Å²) in [5.74, 6) is 1.70. The molecule has 0 amide bonds. The van der Waals surface area contributed by atoms with E-state index in [2.05, 4.69) is 48.9 Å². The zero-order valence-corrected chi connectivity index (χ0v) is 21.6. The second-order valence-corrected chi connectivity index (χ2v) is 8.82. The van der Waals surface area contributed by atoms with Crippen molar-refractivity contribution in [1.29, 1.82) is 0 Å². The van der Waals surface area contributed by atoms with Gasteiger partial charge in [0.2, 0.25) is 0 Å². The van der Waals surface area contributed by atoms with Crippen LogP contribution >= 0.6 is 0 Å².